The maximum atomic E-state index is 7.10. The van der Waals surface area contributed by atoms with Crippen LogP contribution in [0.3, 0.4) is 0 Å². The molecule has 0 unspecified atom stereocenters. The van der Waals surface area contributed by atoms with Gasteiger partial charge in [-0.15, -0.1) is 0 Å². The van der Waals surface area contributed by atoms with Gasteiger partial charge >= 0.3 is 0 Å². The number of unbranched alkanes of at least 4 members (excludes halogenated alkanes) is 2. The summed E-state index contributed by atoms with van der Waals surface area (Å²) in [5.74, 6) is 3.69. The van der Waals surface area contributed by atoms with E-state index in [1.807, 2.05) is 23.5 Å². The van der Waals surface area contributed by atoms with Crippen LogP contribution < -0.4 is 52.1 Å². The van der Waals surface area contributed by atoms with Crippen LogP contribution in [-0.4, -0.2) is 13.4 Å². The van der Waals surface area contributed by atoms with E-state index >= 15 is 0 Å². The van der Waals surface area contributed by atoms with Gasteiger partial charge in [-0.3, -0.25) is 0 Å². The molecule has 0 radical (unpaired) electrons. The molecule has 4 heterocycles. The lowest BCUT2D eigenvalue weighted by Gasteiger charge is -2.38. The molecule has 0 N–H and O–H groups in total. The number of nitrogens with zero attached hydrogens (tertiary/aromatic N) is 2. The Bertz CT molecular complexity index is 3430. The van der Waals surface area contributed by atoms with Crippen molar-refractivity contribution in [1.82, 2.24) is 0 Å². The van der Waals surface area contributed by atoms with E-state index < -0.39 is 0 Å². The van der Waals surface area contributed by atoms with Crippen LogP contribution in [0.1, 0.15) is 61.8 Å². The molecule has 0 amide bonds. The molecular weight excluding hydrogens is 1170 g/mol. The van der Waals surface area contributed by atoms with Gasteiger partial charge in [-0.2, -0.15) is 0 Å². The first-order valence-corrected chi connectivity index (χ1v) is 29.7. The fraction of sp³-hybridized carbons (Fsp3) is 0.156. The fourth-order valence-corrected chi connectivity index (χ4v) is 14.6. The van der Waals surface area contributed by atoms with Gasteiger partial charge in [0.2, 0.25) is 0 Å². The van der Waals surface area contributed by atoms with Gasteiger partial charge in [0.25, 0.3) is 13.4 Å². The van der Waals surface area contributed by atoms with E-state index in [0.29, 0.717) is 0 Å². The molecule has 362 valence electrons. The minimum absolute atomic E-state index is 0.00835. The van der Waals surface area contributed by atoms with Gasteiger partial charge in [0.05, 0.1) is 11.4 Å². The molecular formula is C64H52B2I2N2O2S2. The molecule has 0 atom stereocenters. The van der Waals surface area contributed by atoms with Crippen molar-refractivity contribution in [2.75, 3.05) is 9.80 Å². The number of hydrogen-bond acceptors (Lipinski definition) is 6. The maximum absolute atomic E-state index is 7.10. The minimum atomic E-state index is -0.00835. The van der Waals surface area contributed by atoms with Gasteiger partial charge in [0.1, 0.15) is 23.0 Å². The standard InChI is InChI=1S/C64H52B2I2N2O2S2/c1-5-7-9-41-13-21-45(22-14-41)69(47-25-17-43(67)18-26-47)49-33-57-63-61(35-49)73-59-38-60-54(37-53(59)65(63)51-29-11-39(3)31-55(51)71-57)66-52-30-12-40(4)32-56(52)72-58-34-50(36-62(74-60)64(58)66)70(48-27-19-44(68)20-28-48)46-23-15-42(16-24-46)10-8-6-2/h11-38H,5-10H2,1-4H3. The summed E-state index contributed by atoms with van der Waals surface area (Å²) in [6.45, 7) is 8.83. The third-order valence-corrected chi connectivity index (χ3v) is 18.8. The predicted molar refractivity (Wildman–Crippen MR) is 331 cm³/mol. The number of benzene rings is 9. The van der Waals surface area contributed by atoms with Crippen LogP contribution in [0, 0.1) is 21.0 Å². The number of rotatable bonds is 12. The van der Waals surface area contributed by atoms with Crippen LogP contribution in [0.2, 0.25) is 0 Å². The van der Waals surface area contributed by atoms with Crippen LogP contribution in [0.25, 0.3) is 0 Å². The summed E-state index contributed by atoms with van der Waals surface area (Å²) >= 11 is 8.58. The summed E-state index contributed by atoms with van der Waals surface area (Å²) in [5.41, 5.74) is 19.3. The third-order valence-electron chi connectivity index (χ3n) is 15.1. The quantitative estimate of drug-likeness (QED) is 0.0893. The molecule has 13 rings (SSSR count). The highest BCUT2D eigenvalue weighted by atomic mass is 127. The van der Waals surface area contributed by atoms with Crippen molar-refractivity contribution >= 4 is 149 Å². The molecule has 0 bridgehead atoms. The van der Waals surface area contributed by atoms with E-state index in [9.17, 15) is 0 Å². The van der Waals surface area contributed by atoms with Crippen molar-refractivity contribution in [2.24, 2.45) is 0 Å². The number of anilines is 6. The largest absolute Gasteiger partial charge is 0.458 e. The highest BCUT2D eigenvalue weighted by Crippen LogP contribution is 2.47. The topological polar surface area (TPSA) is 24.9 Å². The Hall–Kier alpha value is -5.53. The fourth-order valence-electron chi connectivity index (χ4n) is 11.4. The molecule has 4 nitrogen and oxygen atoms in total. The second kappa shape index (κ2) is 19.9. The normalized spacial score (nSPS) is 13.1. The van der Waals surface area contributed by atoms with E-state index in [2.05, 4.69) is 253 Å². The Morgan fingerprint density at radius 3 is 1.18 bits per heavy atom. The molecule has 0 saturated heterocycles. The van der Waals surface area contributed by atoms with Crippen molar-refractivity contribution in [3.05, 3.63) is 199 Å². The van der Waals surface area contributed by atoms with Crippen LogP contribution >= 0.6 is 68.7 Å². The zero-order valence-electron chi connectivity index (χ0n) is 41.8. The maximum Gasteiger partial charge on any atom is 0.253 e. The molecule has 9 aromatic carbocycles. The first-order valence-electron chi connectivity index (χ1n) is 25.9. The Labute approximate surface area is 472 Å². The Kier molecular flexibility index (Phi) is 12.9. The summed E-state index contributed by atoms with van der Waals surface area (Å²) in [6.07, 6.45) is 6.91. The molecule has 0 fully saturated rings. The summed E-state index contributed by atoms with van der Waals surface area (Å²) in [6, 6.07) is 64.1. The number of aryl methyl sites for hydroxylation is 4. The van der Waals surface area contributed by atoms with Crippen molar-refractivity contribution in [3.63, 3.8) is 0 Å². The average Bonchev–Trinajstić information content (AvgIpc) is 3.42. The molecule has 0 saturated carbocycles. The highest BCUT2D eigenvalue weighted by molar-refractivity contribution is 14.1. The number of fused-ring (bicyclic) bond motifs is 8. The average molecular weight is 1220 g/mol. The molecule has 9 aromatic rings. The summed E-state index contributed by atoms with van der Waals surface area (Å²) in [4.78, 5) is 9.81. The zero-order chi connectivity index (χ0) is 50.2. The third kappa shape index (κ3) is 8.75. The minimum Gasteiger partial charge on any atom is -0.458 e. The van der Waals surface area contributed by atoms with E-state index in [-0.39, 0.29) is 13.4 Å². The van der Waals surface area contributed by atoms with E-state index in [0.717, 1.165) is 70.0 Å². The summed E-state index contributed by atoms with van der Waals surface area (Å²) in [7, 11) is 0. The smallest absolute Gasteiger partial charge is 0.253 e. The zero-order valence-corrected chi connectivity index (χ0v) is 47.8. The number of halogens is 2. The molecule has 74 heavy (non-hydrogen) atoms. The second-order valence-corrected chi connectivity index (χ2v) is 24.8. The van der Waals surface area contributed by atoms with Gasteiger partial charge in [-0.1, -0.05) is 116 Å². The van der Waals surface area contributed by atoms with E-state index in [1.165, 1.54) is 107 Å². The first-order chi connectivity index (χ1) is 36.2. The van der Waals surface area contributed by atoms with Crippen LogP contribution in [0.4, 0.5) is 34.1 Å². The lowest BCUT2D eigenvalue weighted by Crippen LogP contribution is -2.62. The number of hydrogen-bond donors (Lipinski definition) is 0. The van der Waals surface area contributed by atoms with Crippen LogP contribution in [0.5, 0.6) is 23.0 Å². The Balaban J connectivity index is 0.968. The molecule has 10 heteroatoms. The Morgan fingerprint density at radius 1 is 0.392 bits per heavy atom. The first kappa shape index (κ1) is 48.1. The molecule has 0 spiro atoms. The second-order valence-electron chi connectivity index (χ2n) is 20.2. The van der Waals surface area contributed by atoms with Gasteiger partial charge in [0.15, 0.2) is 0 Å². The van der Waals surface area contributed by atoms with Crippen molar-refractivity contribution < 1.29 is 9.47 Å². The highest BCUT2D eigenvalue weighted by Gasteiger charge is 2.44. The summed E-state index contributed by atoms with van der Waals surface area (Å²) < 4.78 is 16.6. The van der Waals surface area contributed by atoms with Gasteiger partial charge in [-0.25, -0.2) is 0 Å². The van der Waals surface area contributed by atoms with Crippen molar-refractivity contribution in [1.29, 1.82) is 0 Å². The predicted octanol–water partition coefficient (Wildman–Crippen LogP) is 15.3. The SMILES string of the molecule is CCCCc1ccc(N(c2ccc(I)cc2)c2cc3c4c(c2)Sc2cc5c(cc2B4c2ccc(C)cc2O3)B2c3ccc(C)cc3Oc3cc(N(c4ccc(I)cc4)c4ccc(CCCC)cc4)cc(c32)S5)cc1. The van der Waals surface area contributed by atoms with Crippen LogP contribution in [0.15, 0.2) is 189 Å². The lowest BCUT2D eigenvalue weighted by atomic mass is 9.32. The molecule has 4 aliphatic rings. The van der Waals surface area contributed by atoms with E-state index in [4.69, 9.17) is 9.47 Å². The van der Waals surface area contributed by atoms with Crippen molar-refractivity contribution in [2.45, 2.75) is 85.8 Å². The molecule has 0 aromatic heterocycles. The molecule has 0 aliphatic carbocycles. The monoisotopic (exact) mass is 1220 g/mol. The van der Waals surface area contributed by atoms with Gasteiger partial charge in [-0.05, 0) is 232 Å². The van der Waals surface area contributed by atoms with Gasteiger partial charge in [0, 0.05) is 61.6 Å². The summed E-state index contributed by atoms with van der Waals surface area (Å²) in [5, 5.41) is 0. The Morgan fingerprint density at radius 2 is 0.784 bits per heavy atom. The molecule has 4 aliphatic heterocycles. The van der Waals surface area contributed by atoms with E-state index in [1.54, 1.807) is 0 Å². The number of ether oxygens (including phenoxy) is 2. The van der Waals surface area contributed by atoms with Crippen LogP contribution in [-0.2, 0) is 12.8 Å². The van der Waals surface area contributed by atoms with Crippen molar-refractivity contribution in [3.8, 4) is 23.0 Å². The van der Waals surface area contributed by atoms with Gasteiger partial charge < -0.3 is 19.3 Å². The lowest BCUT2D eigenvalue weighted by molar-refractivity contribution is 0.486.